The average Bonchev–Trinajstić information content (AvgIpc) is 2.61. The zero-order valence-corrected chi connectivity index (χ0v) is 16.4. The van der Waals surface area contributed by atoms with Crippen molar-refractivity contribution in [2.75, 3.05) is 11.9 Å². The number of anilines is 1. The maximum atomic E-state index is 12.1. The number of amides is 2. The molecule has 0 bridgehead atoms. The Morgan fingerprint density at radius 2 is 1.74 bits per heavy atom. The molecule has 27 heavy (non-hydrogen) atoms. The first kappa shape index (κ1) is 21.0. The van der Waals surface area contributed by atoms with Gasteiger partial charge in [0.25, 0.3) is 11.8 Å². The number of hydrogen-bond acceptors (Lipinski definition) is 4. The van der Waals surface area contributed by atoms with Crippen LogP contribution in [0.4, 0.5) is 5.69 Å². The maximum absolute atomic E-state index is 12.1. The highest BCUT2D eigenvalue weighted by molar-refractivity contribution is 6.36. The Morgan fingerprint density at radius 3 is 2.41 bits per heavy atom. The number of esters is 1. The molecule has 2 amide bonds. The molecular formula is C18H15Cl3N2O4. The normalized spacial score (nSPS) is 11.4. The number of nitrogens with one attached hydrogen (secondary N) is 2. The Labute approximate surface area is 170 Å². The molecule has 9 heteroatoms. The first-order chi connectivity index (χ1) is 12.8. The van der Waals surface area contributed by atoms with Crippen LogP contribution in [0.2, 0.25) is 15.1 Å². The molecule has 0 aromatic heterocycles. The number of rotatable bonds is 6. The zero-order chi connectivity index (χ0) is 20.0. The molecule has 0 heterocycles. The van der Waals surface area contributed by atoms with E-state index in [4.69, 9.17) is 39.5 Å². The number of benzene rings is 2. The van der Waals surface area contributed by atoms with E-state index in [1.54, 1.807) is 24.3 Å². The van der Waals surface area contributed by atoms with Crippen LogP contribution in [-0.2, 0) is 14.3 Å². The second kappa shape index (κ2) is 9.60. The molecule has 1 unspecified atom stereocenters. The van der Waals surface area contributed by atoms with E-state index in [0.717, 1.165) is 0 Å². The fourth-order valence-electron chi connectivity index (χ4n) is 2.01. The number of hydrogen-bond donors (Lipinski definition) is 2. The molecule has 0 aliphatic heterocycles. The Bertz CT molecular complexity index is 873. The summed E-state index contributed by atoms with van der Waals surface area (Å²) in [7, 11) is 0. The van der Waals surface area contributed by atoms with Gasteiger partial charge in [-0.05, 0) is 37.3 Å². The Morgan fingerprint density at radius 1 is 1.04 bits per heavy atom. The molecule has 0 aliphatic carbocycles. The highest BCUT2D eigenvalue weighted by Crippen LogP contribution is 2.21. The van der Waals surface area contributed by atoms with Crippen LogP contribution in [0.15, 0.2) is 42.5 Å². The van der Waals surface area contributed by atoms with Gasteiger partial charge < -0.3 is 15.4 Å². The van der Waals surface area contributed by atoms with Crippen molar-refractivity contribution in [2.45, 2.75) is 13.0 Å². The van der Waals surface area contributed by atoms with Crippen LogP contribution in [0.5, 0.6) is 0 Å². The Hall–Kier alpha value is -2.28. The molecule has 0 radical (unpaired) electrons. The number of ether oxygens (including phenoxy) is 1. The van der Waals surface area contributed by atoms with Crippen LogP contribution in [-0.4, -0.2) is 30.4 Å². The summed E-state index contributed by atoms with van der Waals surface area (Å²) >= 11 is 17.7. The minimum absolute atomic E-state index is 0.154. The summed E-state index contributed by atoms with van der Waals surface area (Å²) in [6.07, 6.45) is -1.08. The van der Waals surface area contributed by atoms with E-state index >= 15 is 0 Å². The van der Waals surface area contributed by atoms with E-state index in [1.165, 1.54) is 25.1 Å². The van der Waals surface area contributed by atoms with E-state index in [9.17, 15) is 14.4 Å². The monoisotopic (exact) mass is 428 g/mol. The van der Waals surface area contributed by atoms with E-state index < -0.39 is 30.4 Å². The topological polar surface area (TPSA) is 84.5 Å². The molecule has 2 N–H and O–H groups in total. The first-order valence-corrected chi connectivity index (χ1v) is 8.89. The predicted octanol–water partition coefficient (Wildman–Crippen LogP) is 3.95. The molecule has 2 aromatic carbocycles. The molecule has 0 saturated heterocycles. The van der Waals surface area contributed by atoms with Crippen molar-refractivity contribution in [3.05, 3.63) is 63.1 Å². The summed E-state index contributed by atoms with van der Waals surface area (Å²) in [5, 5.41) is 5.82. The standard InChI is InChI=1S/C18H15Cl3N2O4/c1-10(17(25)23-15-5-3-2-4-13(15)20)27-16(24)9-22-18(26)12-7-6-11(19)8-14(12)21/h2-8,10H,9H2,1H3,(H,22,26)(H,23,25). The van der Waals surface area contributed by atoms with Gasteiger partial charge in [0.15, 0.2) is 6.10 Å². The van der Waals surface area contributed by atoms with Crippen LogP contribution in [0.25, 0.3) is 0 Å². The van der Waals surface area contributed by atoms with Gasteiger partial charge in [-0.25, -0.2) is 0 Å². The molecule has 0 fully saturated rings. The lowest BCUT2D eigenvalue weighted by Gasteiger charge is -2.14. The second-order valence-corrected chi connectivity index (χ2v) is 6.66. The third-order valence-corrected chi connectivity index (χ3v) is 4.26. The number of halogens is 3. The van der Waals surface area contributed by atoms with E-state index in [-0.39, 0.29) is 10.6 Å². The number of para-hydroxylation sites is 1. The van der Waals surface area contributed by atoms with Gasteiger partial charge in [-0.15, -0.1) is 0 Å². The summed E-state index contributed by atoms with van der Waals surface area (Å²) in [5.41, 5.74) is 0.566. The molecular weight excluding hydrogens is 415 g/mol. The predicted molar refractivity (Wildman–Crippen MR) is 104 cm³/mol. The highest BCUT2D eigenvalue weighted by Gasteiger charge is 2.19. The fourth-order valence-corrected chi connectivity index (χ4v) is 2.69. The average molecular weight is 430 g/mol. The van der Waals surface area contributed by atoms with Gasteiger partial charge in [0, 0.05) is 5.02 Å². The van der Waals surface area contributed by atoms with Gasteiger partial charge >= 0.3 is 5.97 Å². The van der Waals surface area contributed by atoms with Crippen molar-refractivity contribution in [1.29, 1.82) is 0 Å². The van der Waals surface area contributed by atoms with Crippen LogP contribution in [0.1, 0.15) is 17.3 Å². The summed E-state index contributed by atoms with van der Waals surface area (Å²) in [4.78, 5) is 36.0. The van der Waals surface area contributed by atoms with Crippen molar-refractivity contribution in [3.8, 4) is 0 Å². The van der Waals surface area contributed by atoms with E-state index in [1.807, 2.05) is 0 Å². The largest absolute Gasteiger partial charge is 0.451 e. The van der Waals surface area contributed by atoms with Crippen molar-refractivity contribution >= 4 is 58.3 Å². The number of carbonyl (C=O) groups excluding carboxylic acids is 3. The molecule has 6 nitrogen and oxygen atoms in total. The molecule has 2 rings (SSSR count). The SMILES string of the molecule is CC(OC(=O)CNC(=O)c1ccc(Cl)cc1Cl)C(=O)Nc1ccccc1Cl. The Balaban J connectivity index is 1.84. The molecule has 0 spiro atoms. The van der Waals surface area contributed by atoms with Gasteiger partial charge in [-0.3, -0.25) is 14.4 Å². The van der Waals surface area contributed by atoms with E-state index in [0.29, 0.717) is 15.7 Å². The van der Waals surface area contributed by atoms with Gasteiger partial charge in [0.1, 0.15) is 6.54 Å². The lowest BCUT2D eigenvalue weighted by Crippen LogP contribution is -2.36. The molecule has 1 atom stereocenters. The van der Waals surface area contributed by atoms with E-state index in [2.05, 4.69) is 10.6 Å². The lowest BCUT2D eigenvalue weighted by molar-refractivity contribution is -0.152. The lowest BCUT2D eigenvalue weighted by atomic mass is 10.2. The fraction of sp³-hybridized carbons (Fsp3) is 0.167. The van der Waals surface area contributed by atoms with Crippen molar-refractivity contribution in [2.24, 2.45) is 0 Å². The third kappa shape index (κ3) is 6.13. The molecule has 0 aliphatic rings. The van der Waals surface area contributed by atoms with Crippen LogP contribution in [0, 0.1) is 0 Å². The van der Waals surface area contributed by atoms with Crippen molar-refractivity contribution < 1.29 is 19.1 Å². The van der Waals surface area contributed by atoms with Gasteiger partial charge in [-0.2, -0.15) is 0 Å². The van der Waals surface area contributed by atoms with Crippen LogP contribution >= 0.6 is 34.8 Å². The van der Waals surface area contributed by atoms with Gasteiger partial charge in [-0.1, -0.05) is 46.9 Å². The zero-order valence-electron chi connectivity index (χ0n) is 14.1. The van der Waals surface area contributed by atoms with Gasteiger partial charge in [0.05, 0.1) is 21.3 Å². The minimum atomic E-state index is -1.08. The van der Waals surface area contributed by atoms with Crippen molar-refractivity contribution in [1.82, 2.24) is 5.32 Å². The summed E-state index contributed by atoms with van der Waals surface area (Å²) in [6, 6.07) is 11.0. The molecule has 142 valence electrons. The third-order valence-electron chi connectivity index (χ3n) is 3.38. The van der Waals surface area contributed by atoms with Crippen LogP contribution < -0.4 is 10.6 Å². The van der Waals surface area contributed by atoms with Gasteiger partial charge in [0.2, 0.25) is 0 Å². The highest BCUT2D eigenvalue weighted by atomic mass is 35.5. The maximum Gasteiger partial charge on any atom is 0.326 e. The van der Waals surface area contributed by atoms with Crippen LogP contribution in [0.3, 0.4) is 0 Å². The first-order valence-electron chi connectivity index (χ1n) is 7.76. The summed E-state index contributed by atoms with van der Waals surface area (Å²) in [5.74, 6) is -1.90. The summed E-state index contributed by atoms with van der Waals surface area (Å²) < 4.78 is 5.00. The molecule has 2 aromatic rings. The second-order valence-electron chi connectivity index (χ2n) is 5.41. The Kier molecular flexibility index (Phi) is 7.47. The number of carbonyl (C=O) groups is 3. The summed E-state index contributed by atoms with van der Waals surface area (Å²) in [6.45, 7) is 0.976. The van der Waals surface area contributed by atoms with Crippen molar-refractivity contribution in [3.63, 3.8) is 0 Å². The smallest absolute Gasteiger partial charge is 0.326 e. The quantitative estimate of drug-likeness (QED) is 0.681. The molecule has 0 saturated carbocycles. The minimum Gasteiger partial charge on any atom is -0.451 e.